The molecule has 3 aliphatic carbocycles. The minimum Gasteiger partial charge on any atom is -0.256 e. The van der Waals surface area contributed by atoms with Crippen molar-refractivity contribution in [3.63, 3.8) is 0 Å². The van der Waals surface area contributed by atoms with E-state index >= 15 is 0 Å². The summed E-state index contributed by atoms with van der Waals surface area (Å²) in [5.74, 6) is 5.72. The number of aromatic nitrogens is 12. The first-order valence-corrected chi connectivity index (χ1v) is 47.9. The second-order valence-electron chi connectivity index (χ2n) is 37.7. The lowest BCUT2D eigenvalue weighted by Crippen LogP contribution is -2.15. The largest absolute Gasteiger partial charge is 0.256 e. The average molecular weight is 1810 g/mol. The molecule has 0 fully saturated rings. The van der Waals surface area contributed by atoms with E-state index < -0.39 is 0 Å². The van der Waals surface area contributed by atoms with Gasteiger partial charge < -0.3 is 0 Å². The van der Waals surface area contributed by atoms with Gasteiger partial charge in [-0.3, -0.25) is 9.97 Å². The monoisotopic (exact) mass is 1810 g/mol. The van der Waals surface area contributed by atoms with Gasteiger partial charge >= 0.3 is 0 Å². The summed E-state index contributed by atoms with van der Waals surface area (Å²) < 4.78 is 0. The minimum absolute atomic E-state index is 0.133. The van der Waals surface area contributed by atoms with Crippen molar-refractivity contribution in [2.24, 2.45) is 0 Å². The summed E-state index contributed by atoms with van der Waals surface area (Å²) in [4.78, 5) is 60.5. The minimum atomic E-state index is -0.250. The Labute approximate surface area is 818 Å². The first kappa shape index (κ1) is 85.9. The molecule has 0 radical (unpaired) electrons. The van der Waals surface area contributed by atoms with Gasteiger partial charge in [-0.25, -0.2) is 49.8 Å². The number of rotatable bonds is 14. The highest BCUT2D eigenvalue weighted by molar-refractivity contribution is 6.11. The van der Waals surface area contributed by atoms with Crippen LogP contribution in [-0.2, 0) is 16.2 Å². The van der Waals surface area contributed by atoms with E-state index in [9.17, 15) is 0 Å². The maximum absolute atomic E-state index is 5.33. The molecule has 6 aromatic heterocycles. The van der Waals surface area contributed by atoms with E-state index in [1.54, 1.807) is 0 Å². The van der Waals surface area contributed by atoms with Gasteiger partial charge in [0.25, 0.3) is 0 Å². The standard InChI is InChI=1S/2C45H32N4.C39H28N4/c1-45(2)36-21-12-11-20-35(36)40-37(45)28-33-18-9-10-19-34(33)41(40)38-22-13-23-39(46-38)44-48-42(31-16-7-4-8-17-31)47-43(49-44)32-26-24-30(25-27-32)29-14-5-3-6-15-29;1-45(2)37-28-34(39-19-11-12-26-46-39)24-25-36(37)40-38(45)27-33-17-9-10-18-35(33)41(40)44-48-42(31-15-7-4-8-16-31)47-43(49-44)32-22-20-30(21-23-32)29-13-5-3-6-14-29;1-39(2)31-24-28(33-19-11-12-22-40-33)20-21-30(31)34-32(39)23-27-17-9-10-18-29(27)35(34)38-42-36(25-13-5-3-6-14-25)41-37(43-38)26-15-7-4-8-16-26/h2*3-28H,1-2H3;3-24H,1-2H3. The van der Waals surface area contributed by atoms with Crippen LogP contribution in [0.3, 0.4) is 0 Å². The second kappa shape index (κ2) is 35.6. The van der Waals surface area contributed by atoms with E-state index in [2.05, 4.69) is 361 Å². The normalized spacial score (nSPS) is 12.9. The summed E-state index contributed by atoms with van der Waals surface area (Å²) in [6.07, 6.45) is 3.70. The van der Waals surface area contributed by atoms with Crippen molar-refractivity contribution in [2.45, 2.75) is 57.8 Å². The van der Waals surface area contributed by atoms with Crippen LogP contribution < -0.4 is 0 Å². The smallest absolute Gasteiger partial charge is 0.182 e. The predicted octanol–water partition coefficient (Wildman–Crippen LogP) is 31.5. The van der Waals surface area contributed by atoms with Crippen molar-refractivity contribution in [3.8, 4) is 192 Å². The fourth-order valence-electron chi connectivity index (χ4n) is 20.9. The number of hydrogen-bond acceptors (Lipinski definition) is 12. The Morgan fingerprint density at radius 1 is 0.149 bits per heavy atom. The fourth-order valence-corrected chi connectivity index (χ4v) is 20.9. The molecule has 0 amide bonds. The third-order valence-electron chi connectivity index (χ3n) is 28.1. The summed E-state index contributed by atoms with van der Waals surface area (Å²) in [6.45, 7) is 13.9. The molecule has 0 aliphatic heterocycles. The molecule has 141 heavy (non-hydrogen) atoms. The van der Waals surface area contributed by atoms with E-state index in [0.29, 0.717) is 58.1 Å². The van der Waals surface area contributed by atoms with Crippen LogP contribution in [0, 0.1) is 0 Å². The Morgan fingerprint density at radius 2 is 0.411 bits per heavy atom. The third-order valence-corrected chi connectivity index (χ3v) is 28.1. The van der Waals surface area contributed by atoms with Crippen LogP contribution >= 0.6 is 0 Å². The zero-order valence-corrected chi connectivity index (χ0v) is 78.6. The van der Waals surface area contributed by atoms with Crippen molar-refractivity contribution in [1.82, 2.24) is 59.8 Å². The van der Waals surface area contributed by atoms with Crippen molar-refractivity contribution in [1.29, 1.82) is 0 Å². The molecule has 17 aromatic carbocycles. The van der Waals surface area contributed by atoms with Gasteiger partial charge in [0.1, 0.15) is 5.69 Å². The maximum Gasteiger partial charge on any atom is 0.182 e. The van der Waals surface area contributed by atoms with Crippen LogP contribution in [0.25, 0.3) is 224 Å². The lowest BCUT2D eigenvalue weighted by Gasteiger charge is -2.23. The number of hydrogen-bond donors (Lipinski definition) is 0. The highest BCUT2D eigenvalue weighted by Crippen LogP contribution is 2.59. The van der Waals surface area contributed by atoms with Gasteiger partial charge in [-0.1, -0.05) is 412 Å². The Kier molecular flexibility index (Phi) is 21.7. The van der Waals surface area contributed by atoms with Gasteiger partial charge in [0, 0.05) is 89.8 Å². The quantitative estimate of drug-likeness (QED) is 0.102. The molecular weight excluding hydrogens is 1720 g/mol. The van der Waals surface area contributed by atoms with Gasteiger partial charge in [-0.15, -0.1) is 0 Å². The molecule has 3 aliphatic rings. The Bertz CT molecular complexity index is 8690. The first-order valence-electron chi connectivity index (χ1n) is 47.9. The molecule has 0 saturated carbocycles. The summed E-state index contributed by atoms with van der Waals surface area (Å²) in [5.41, 5.74) is 33.7. The lowest BCUT2D eigenvalue weighted by atomic mass is 9.80. The topological polar surface area (TPSA) is 155 Å². The average Bonchev–Trinajstić information content (AvgIpc) is 1.56. The highest BCUT2D eigenvalue weighted by Gasteiger charge is 2.43. The van der Waals surface area contributed by atoms with Crippen LogP contribution in [0.15, 0.2) is 449 Å². The SMILES string of the molecule is CC1(C)c2cc(-c3ccccn3)ccc2-c2c1cc1ccccc1c2-c1nc(-c2ccccc2)nc(-c2ccc(-c3ccccc3)cc2)n1.CC1(C)c2cc(-c3ccccn3)ccc2-c2c1cc1ccccc1c2-c1nc(-c2ccccc2)nc(-c2ccccc2)n1.CC1(C)c2ccccc2-c2c1cc1ccccc1c2-c1cccc(-c2nc(-c3ccccc3)nc(-c3ccc(-c4ccccc4)cc3)n2)n1. The van der Waals surface area contributed by atoms with E-state index in [-0.39, 0.29) is 16.2 Å². The van der Waals surface area contributed by atoms with E-state index in [0.717, 1.165) is 106 Å². The Morgan fingerprint density at radius 3 is 0.787 bits per heavy atom. The zero-order valence-electron chi connectivity index (χ0n) is 78.6. The lowest BCUT2D eigenvalue weighted by molar-refractivity contribution is 0.661. The summed E-state index contributed by atoms with van der Waals surface area (Å²) in [6, 6.07) is 152. The Hall–Kier alpha value is -18.0. The van der Waals surface area contributed by atoms with Gasteiger partial charge in [-0.2, -0.15) is 0 Å². The zero-order chi connectivity index (χ0) is 94.9. The summed E-state index contributed by atoms with van der Waals surface area (Å²) in [7, 11) is 0. The van der Waals surface area contributed by atoms with Crippen molar-refractivity contribution < 1.29 is 0 Å². The molecular formula is C129H92N12. The van der Waals surface area contributed by atoms with Crippen LogP contribution in [-0.4, -0.2) is 59.8 Å². The maximum atomic E-state index is 5.33. The van der Waals surface area contributed by atoms with Crippen LogP contribution in [0.5, 0.6) is 0 Å². The van der Waals surface area contributed by atoms with Crippen molar-refractivity contribution >= 4 is 32.3 Å². The molecule has 0 unspecified atom stereocenters. The number of fused-ring (bicyclic) bond motifs is 12. The molecule has 0 atom stereocenters. The van der Waals surface area contributed by atoms with Crippen molar-refractivity contribution in [3.05, 3.63) is 483 Å². The molecule has 12 heteroatoms. The Balaban J connectivity index is 0.000000115. The fraction of sp³-hybridized carbons (Fsp3) is 0.0698. The first-order chi connectivity index (χ1) is 69.2. The number of nitrogens with zero attached hydrogens (tertiary/aromatic N) is 12. The van der Waals surface area contributed by atoms with Gasteiger partial charge in [0.2, 0.25) is 0 Å². The third kappa shape index (κ3) is 15.7. The van der Waals surface area contributed by atoms with Gasteiger partial charge in [-0.05, 0) is 188 Å². The number of benzene rings is 17. The molecule has 0 N–H and O–H groups in total. The van der Waals surface area contributed by atoms with Crippen molar-refractivity contribution in [2.75, 3.05) is 0 Å². The van der Waals surface area contributed by atoms with Gasteiger partial charge in [0.15, 0.2) is 52.4 Å². The highest BCUT2D eigenvalue weighted by atomic mass is 15.1. The van der Waals surface area contributed by atoms with Crippen LogP contribution in [0.4, 0.5) is 0 Å². The molecule has 26 rings (SSSR count). The molecule has 0 saturated heterocycles. The summed E-state index contributed by atoms with van der Waals surface area (Å²) >= 11 is 0. The summed E-state index contributed by atoms with van der Waals surface area (Å²) in [5, 5.41) is 6.97. The number of pyridine rings is 3. The van der Waals surface area contributed by atoms with Crippen LogP contribution in [0.1, 0.15) is 74.9 Å². The van der Waals surface area contributed by atoms with Gasteiger partial charge in [0.05, 0.1) is 17.1 Å². The predicted molar refractivity (Wildman–Crippen MR) is 574 cm³/mol. The molecule has 23 aromatic rings. The van der Waals surface area contributed by atoms with E-state index in [1.165, 1.54) is 94.0 Å². The van der Waals surface area contributed by atoms with E-state index in [4.69, 9.17) is 49.8 Å². The molecule has 6 heterocycles. The second-order valence-corrected chi connectivity index (χ2v) is 37.7. The molecule has 0 bridgehead atoms. The molecule has 0 spiro atoms. The molecule has 12 nitrogen and oxygen atoms in total. The molecule has 668 valence electrons. The van der Waals surface area contributed by atoms with Crippen LogP contribution in [0.2, 0.25) is 0 Å². The van der Waals surface area contributed by atoms with E-state index in [1.807, 2.05) is 140 Å².